The fourth-order valence-electron chi connectivity index (χ4n) is 2.31. The molecular formula is C17H16BN3O2S. The molecule has 3 rings (SSSR count). The van der Waals surface area contributed by atoms with E-state index in [1.807, 2.05) is 36.4 Å². The number of phenols is 1. The molecule has 0 amide bonds. The van der Waals surface area contributed by atoms with Crippen LogP contribution in [0.3, 0.4) is 0 Å². The summed E-state index contributed by atoms with van der Waals surface area (Å²) in [6.45, 7) is 1.60. The van der Waals surface area contributed by atoms with Crippen molar-refractivity contribution in [3.05, 3.63) is 60.2 Å². The fourth-order valence-corrected chi connectivity index (χ4v) is 2.50. The number of pyridine rings is 1. The Morgan fingerprint density at radius 3 is 2.54 bits per heavy atom. The molecule has 0 unspecified atom stereocenters. The Balaban J connectivity index is 1.82. The first kappa shape index (κ1) is 16.4. The molecule has 0 fully saturated rings. The zero-order valence-electron chi connectivity index (χ0n) is 13.0. The summed E-state index contributed by atoms with van der Waals surface area (Å²) in [6.07, 6.45) is 0. The fraction of sp³-hybridized carbons (Fsp3) is 0.0588. The van der Waals surface area contributed by atoms with Crippen LogP contribution in [0.25, 0.3) is 22.2 Å². The Kier molecular flexibility index (Phi) is 4.75. The van der Waals surface area contributed by atoms with E-state index in [1.165, 1.54) is 0 Å². The molecule has 0 aliphatic carbocycles. The molecule has 7 heteroatoms. The van der Waals surface area contributed by atoms with Crippen LogP contribution in [0, 0.1) is 0 Å². The molecule has 0 bridgehead atoms. The zero-order valence-corrected chi connectivity index (χ0v) is 13.8. The minimum atomic E-state index is -0.691. The molecule has 24 heavy (non-hydrogen) atoms. The van der Waals surface area contributed by atoms with Gasteiger partial charge in [0.05, 0.1) is 11.2 Å². The van der Waals surface area contributed by atoms with Gasteiger partial charge in [-0.05, 0) is 31.1 Å². The molecule has 2 aromatic carbocycles. The smallest absolute Gasteiger partial charge is 0.392 e. The molecule has 3 aromatic rings. The number of thiocarbonyl (C=S) groups is 1. The number of aromatic nitrogens is 1. The highest BCUT2D eigenvalue weighted by Gasteiger charge is 2.06. The van der Waals surface area contributed by atoms with Gasteiger partial charge in [-0.1, -0.05) is 42.5 Å². The second kappa shape index (κ2) is 6.96. The summed E-state index contributed by atoms with van der Waals surface area (Å²) < 4.78 is 0. The molecule has 5 nitrogen and oxygen atoms in total. The first-order valence-corrected chi connectivity index (χ1v) is 7.88. The lowest BCUT2D eigenvalue weighted by Crippen LogP contribution is -2.45. The quantitative estimate of drug-likeness (QED) is 0.333. The van der Waals surface area contributed by atoms with Crippen LogP contribution >= 0.6 is 12.2 Å². The Labute approximate surface area is 145 Å². The lowest BCUT2D eigenvalue weighted by atomic mass is 9.91. The summed E-state index contributed by atoms with van der Waals surface area (Å²) in [5.74, 6) is 0.230. The van der Waals surface area contributed by atoms with E-state index in [2.05, 4.69) is 15.7 Å². The van der Waals surface area contributed by atoms with E-state index in [1.54, 1.807) is 25.0 Å². The summed E-state index contributed by atoms with van der Waals surface area (Å²) in [5.41, 5.74) is 6.27. The minimum Gasteiger partial charge on any atom is -0.508 e. The Bertz CT molecular complexity index is 885. The van der Waals surface area contributed by atoms with Gasteiger partial charge in [0.15, 0.2) is 0 Å². The highest BCUT2D eigenvalue weighted by Crippen LogP contribution is 2.23. The van der Waals surface area contributed by atoms with Crippen LogP contribution in [0.15, 0.2) is 54.6 Å². The third kappa shape index (κ3) is 3.71. The SMILES string of the molecule is CB(O)NNC(=S)c1ccc(-c2ccc3cc(O)ccc3n2)cc1. The zero-order chi connectivity index (χ0) is 17.1. The Morgan fingerprint density at radius 1 is 1.08 bits per heavy atom. The molecule has 0 aliphatic rings. The summed E-state index contributed by atoms with van der Waals surface area (Å²) in [6, 6.07) is 16.7. The third-order valence-electron chi connectivity index (χ3n) is 3.51. The molecule has 120 valence electrons. The number of hydrogen-bond donors (Lipinski definition) is 4. The first-order chi connectivity index (χ1) is 11.5. The van der Waals surface area contributed by atoms with Gasteiger partial charge in [0.1, 0.15) is 10.7 Å². The van der Waals surface area contributed by atoms with E-state index in [9.17, 15) is 10.1 Å². The normalized spacial score (nSPS) is 10.6. The highest BCUT2D eigenvalue weighted by atomic mass is 32.1. The van der Waals surface area contributed by atoms with E-state index in [4.69, 9.17) is 12.2 Å². The van der Waals surface area contributed by atoms with Crippen LogP contribution < -0.4 is 10.8 Å². The number of hydrazine groups is 1. The predicted octanol–water partition coefficient (Wildman–Crippen LogP) is 2.49. The van der Waals surface area contributed by atoms with Crippen LogP contribution in [0.1, 0.15) is 5.56 Å². The Morgan fingerprint density at radius 2 is 1.83 bits per heavy atom. The van der Waals surface area contributed by atoms with Gasteiger partial charge in [-0.25, -0.2) is 10.3 Å². The number of benzene rings is 2. The van der Waals surface area contributed by atoms with Crippen molar-refractivity contribution in [2.45, 2.75) is 6.82 Å². The lowest BCUT2D eigenvalue weighted by molar-refractivity contribution is 0.476. The van der Waals surface area contributed by atoms with Crippen LogP contribution in [0.5, 0.6) is 5.75 Å². The Hall–Kier alpha value is -2.48. The van der Waals surface area contributed by atoms with E-state index < -0.39 is 7.05 Å². The molecule has 0 radical (unpaired) electrons. The van der Waals surface area contributed by atoms with Gasteiger partial charge in [0, 0.05) is 16.5 Å². The topological polar surface area (TPSA) is 77.4 Å². The highest BCUT2D eigenvalue weighted by molar-refractivity contribution is 7.80. The molecule has 4 N–H and O–H groups in total. The second-order valence-corrected chi connectivity index (χ2v) is 5.83. The van der Waals surface area contributed by atoms with Gasteiger partial charge < -0.3 is 15.6 Å². The van der Waals surface area contributed by atoms with Gasteiger partial charge in [0.2, 0.25) is 0 Å². The van der Waals surface area contributed by atoms with Crippen molar-refractivity contribution < 1.29 is 10.1 Å². The van der Waals surface area contributed by atoms with Crippen molar-refractivity contribution in [2.75, 3.05) is 0 Å². The van der Waals surface area contributed by atoms with Crippen molar-refractivity contribution in [2.24, 2.45) is 0 Å². The molecule has 0 aliphatic heterocycles. The van der Waals surface area contributed by atoms with Crippen LogP contribution in [-0.2, 0) is 0 Å². The van der Waals surface area contributed by atoms with Crippen molar-refractivity contribution in [3.8, 4) is 17.0 Å². The maximum absolute atomic E-state index is 9.51. The molecule has 1 aromatic heterocycles. The van der Waals surface area contributed by atoms with Gasteiger partial charge in [0.25, 0.3) is 0 Å². The first-order valence-electron chi connectivity index (χ1n) is 7.47. The van der Waals surface area contributed by atoms with Crippen molar-refractivity contribution >= 4 is 35.2 Å². The largest absolute Gasteiger partial charge is 0.508 e. The van der Waals surface area contributed by atoms with Crippen molar-refractivity contribution in [1.82, 2.24) is 15.7 Å². The number of nitrogens with one attached hydrogen (secondary N) is 2. The van der Waals surface area contributed by atoms with Gasteiger partial charge >= 0.3 is 7.05 Å². The molecule has 0 saturated carbocycles. The lowest BCUT2D eigenvalue weighted by Gasteiger charge is -2.10. The minimum absolute atomic E-state index is 0.230. The average molecular weight is 337 g/mol. The molecule has 0 saturated heterocycles. The summed E-state index contributed by atoms with van der Waals surface area (Å²) >= 11 is 5.25. The summed E-state index contributed by atoms with van der Waals surface area (Å²) in [4.78, 5) is 5.12. The third-order valence-corrected chi connectivity index (χ3v) is 3.85. The van der Waals surface area contributed by atoms with Crippen LogP contribution in [0.2, 0.25) is 6.82 Å². The molecular weight excluding hydrogens is 321 g/mol. The maximum Gasteiger partial charge on any atom is 0.392 e. The number of phenolic OH excluding ortho intramolecular Hbond substituents is 1. The molecule has 1 heterocycles. The van der Waals surface area contributed by atoms with E-state index in [0.29, 0.717) is 4.99 Å². The maximum atomic E-state index is 9.51. The molecule has 0 spiro atoms. The molecule has 0 atom stereocenters. The second-order valence-electron chi connectivity index (χ2n) is 5.43. The number of fused-ring (bicyclic) bond motifs is 1. The number of hydrogen-bond acceptors (Lipinski definition) is 5. The van der Waals surface area contributed by atoms with Gasteiger partial charge in [-0.15, -0.1) is 0 Å². The summed E-state index contributed by atoms with van der Waals surface area (Å²) in [5, 5.41) is 22.2. The van der Waals surface area contributed by atoms with Gasteiger partial charge in [-0.3, -0.25) is 0 Å². The number of nitrogens with zero attached hydrogens (tertiary/aromatic N) is 1. The van der Waals surface area contributed by atoms with Crippen LogP contribution in [-0.4, -0.2) is 27.2 Å². The monoisotopic (exact) mass is 337 g/mol. The van der Waals surface area contributed by atoms with Crippen molar-refractivity contribution in [1.29, 1.82) is 0 Å². The van der Waals surface area contributed by atoms with Crippen LogP contribution in [0.4, 0.5) is 0 Å². The van der Waals surface area contributed by atoms with E-state index >= 15 is 0 Å². The van der Waals surface area contributed by atoms with Crippen molar-refractivity contribution in [3.63, 3.8) is 0 Å². The van der Waals surface area contributed by atoms with Gasteiger partial charge in [-0.2, -0.15) is 0 Å². The predicted molar refractivity (Wildman–Crippen MR) is 101 cm³/mol. The van der Waals surface area contributed by atoms with E-state index in [0.717, 1.165) is 27.7 Å². The number of rotatable bonds is 4. The standard InChI is InChI=1S/C17H16BN3O2S/c1-18(23)21-20-17(24)12-4-2-11(3-5-12)15-8-6-13-10-14(22)7-9-16(13)19-15/h2-10,21-23H,1H3,(H,20,24). The number of aromatic hydroxyl groups is 1. The van der Waals surface area contributed by atoms with E-state index in [-0.39, 0.29) is 5.75 Å². The average Bonchev–Trinajstić information content (AvgIpc) is 2.59. The summed E-state index contributed by atoms with van der Waals surface area (Å²) in [7, 11) is -0.691.